The van der Waals surface area contributed by atoms with Crippen LogP contribution < -0.4 is 4.72 Å². The molecule has 0 aliphatic rings. The number of hydrogen-bond donors (Lipinski definition) is 1. The smallest absolute Gasteiger partial charge is 0.274 e. The topological polar surface area (TPSA) is 76.4 Å². The summed E-state index contributed by atoms with van der Waals surface area (Å²) in [5, 5.41) is -0.288. The first-order valence-electron chi connectivity index (χ1n) is 5.25. The molecular weight excluding hydrogens is 310 g/mol. The minimum absolute atomic E-state index is 0.0350. The lowest BCUT2D eigenvalue weighted by Crippen LogP contribution is -2.26. The highest BCUT2D eigenvalue weighted by molar-refractivity contribution is 7.89. The summed E-state index contributed by atoms with van der Waals surface area (Å²) in [6, 6.07) is 5.55. The van der Waals surface area contributed by atoms with Crippen molar-refractivity contribution < 1.29 is 17.6 Å². The van der Waals surface area contributed by atoms with Crippen LogP contribution in [-0.2, 0) is 10.0 Å². The van der Waals surface area contributed by atoms with Crippen LogP contribution in [0.25, 0.3) is 0 Å². The summed E-state index contributed by atoms with van der Waals surface area (Å²) in [6.45, 7) is 1.70. The molecule has 1 unspecified atom stereocenters. The molecule has 0 aliphatic carbocycles. The fraction of sp³-hybridized carbons (Fsp3) is 0.182. The number of rotatable bonds is 5. The molecule has 0 aromatic carbocycles. The monoisotopic (exact) mass is 319 g/mol. The standard InChI is InChI=1S/C11H10ClNO4S2/c1-7(9-3-4-10(12)18-9)13-19(15,16)11-5-2-8(6-14)17-11/h2-7,13H,1H3. The highest BCUT2D eigenvalue weighted by atomic mass is 35.5. The van der Waals surface area contributed by atoms with Gasteiger partial charge in [-0.05, 0) is 31.2 Å². The number of carbonyl (C=O) groups is 1. The van der Waals surface area contributed by atoms with Crippen LogP contribution in [0.4, 0.5) is 0 Å². The molecule has 5 nitrogen and oxygen atoms in total. The van der Waals surface area contributed by atoms with E-state index < -0.39 is 16.1 Å². The molecule has 2 heterocycles. The van der Waals surface area contributed by atoms with Gasteiger partial charge >= 0.3 is 0 Å². The van der Waals surface area contributed by atoms with Crippen molar-refractivity contribution in [2.24, 2.45) is 0 Å². The molecule has 0 fully saturated rings. The molecule has 102 valence electrons. The van der Waals surface area contributed by atoms with Gasteiger partial charge < -0.3 is 4.42 Å². The summed E-state index contributed by atoms with van der Waals surface area (Å²) < 4.78 is 31.9. The lowest BCUT2D eigenvalue weighted by molar-refractivity contribution is 0.109. The fourth-order valence-corrected chi connectivity index (χ4v) is 3.75. The molecule has 0 spiro atoms. The van der Waals surface area contributed by atoms with Crippen molar-refractivity contribution in [1.82, 2.24) is 4.72 Å². The number of furan rings is 1. The lowest BCUT2D eigenvalue weighted by atomic mass is 10.3. The number of halogens is 1. The predicted octanol–water partition coefficient (Wildman–Crippen LogP) is 2.85. The third-order valence-electron chi connectivity index (χ3n) is 2.34. The van der Waals surface area contributed by atoms with Crippen molar-refractivity contribution in [3.8, 4) is 0 Å². The maximum absolute atomic E-state index is 12.0. The summed E-state index contributed by atoms with van der Waals surface area (Å²) in [5.41, 5.74) is 0. The third-order valence-corrected chi connectivity index (χ3v) is 5.16. The molecule has 2 aromatic rings. The third kappa shape index (κ3) is 3.24. The van der Waals surface area contributed by atoms with E-state index in [9.17, 15) is 13.2 Å². The van der Waals surface area contributed by atoms with Gasteiger partial charge in [0.1, 0.15) is 0 Å². The Morgan fingerprint density at radius 2 is 2.11 bits per heavy atom. The van der Waals surface area contributed by atoms with Gasteiger partial charge in [0.25, 0.3) is 10.0 Å². The van der Waals surface area contributed by atoms with Gasteiger partial charge in [0.2, 0.25) is 5.09 Å². The van der Waals surface area contributed by atoms with Crippen molar-refractivity contribution >= 4 is 39.2 Å². The Kier molecular flexibility index (Phi) is 4.10. The van der Waals surface area contributed by atoms with Gasteiger partial charge in [0.05, 0.1) is 10.4 Å². The SMILES string of the molecule is CC(NS(=O)(=O)c1ccc(C=O)o1)c1ccc(Cl)s1. The average Bonchev–Trinajstić information content (AvgIpc) is 2.96. The molecule has 0 bridgehead atoms. The van der Waals surface area contributed by atoms with Gasteiger partial charge in [-0.3, -0.25) is 4.79 Å². The van der Waals surface area contributed by atoms with Crippen LogP contribution in [0.5, 0.6) is 0 Å². The Hall–Kier alpha value is -1.15. The van der Waals surface area contributed by atoms with Gasteiger partial charge in [0.15, 0.2) is 12.0 Å². The highest BCUT2D eigenvalue weighted by Crippen LogP contribution is 2.27. The molecule has 1 N–H and O–H groups in total. The zero-order chi connectivity index (χ0) is 14.0. The van der Waals surface area contributed by atoms with E-state index in [1.54, 1.807) is 19.1 Å². The molecule has 2 aromatic heterocycles. The predicted molar refractivity (Wildman–Crippen MR) is 72.2 cm³/mol. The summed E-state index contributed by atoms with van der Waals surface area (Å²) in [7, 11) is -3.80. The first-order chi connectivity index (χ1) is 8.92. The highest BCUT2D eigenvalue weighted by Gasteiger charge is 2.22. The Bertz CT molecular complexity index is 689. The Morgan fingerprint density at radius 1 is 1.37 bits per heavy atom. The zero-order valence-electron chi connectivity index (χ0n) is 9.79. The normalized spacial score (nSPS) is 13.4. The largest absolute Gasteiger partial charge is 0.440 e. The second-order valence-electron chi connectivity index (χ2n) is 3.76. The maximum atomic E-state index is 12.0. The van der Waals surface area contributed by atoms with Gasteiger partial charge in [-0.15, -0.1) is 11.3 Å². The number of hydrogen-bond acceptors (Lipinski definition) is 5. The van der Waals surface area contributed by atoms with Gasteiger partial charge in [-0.1, -0.05) is 11.6 Å². The van der Waals surface area contributed by atoms with Crippen molar-refractivity contribution in [2.45, 2.75) is 18.1 Å². The number of carbonyl (C=O) groups excluding carboxylic acids is 1. The van der Waals surface area contributed by atoms with Crippen molar-refractivity contribution in [3.05, 3.63) is 39.2 Å². The van der Waals surface area contributed by atoms with Gasteiger partial charge in [0, 0.05) is 4.88 Å². The molecular formula is C11H10ClNO4S2. The van der Waals surface area contributed by atoms with E-state index in [1.807, 2.05) is 0 Å². The van der Waals surface area contributed by atoms with E-state index in [2.05, 4.69) is 4.72 Å². The zero-order valence-corrected chi connectivity index (χ0v) is 12.2. The Morgan fingerprint density at radius 3 is 2.63 bits per heavy atom. The van der Waals surface area contributed by atoms with Crippen LogP contribution in [0.15, 0.2) is 33.8 Å². The quantitative estimate of drug-likeness (QED) is 0.860. The van der Waals surface area contributed by atoms with Gasteiger partial charge in [-0.25, -0.2) is 13.1 Å². The molecule has 0 radical (unpaired) electrons. The molecule has 1 atom stereocenters. The number of thiophene rings is 1. The maximum Gasteiger partial charge on any atom is 0.274 e. The van der Waals surface area contributed by atoms with Crippen molar-refractivity contribution in [3.63, 3.8) is 0 Å². The van der Waals surface area contributed by atoms with Crippen LogP contribution in [-0.4, -0.2) is 14.7 Å². The van der Waals surface area contributed by atoms with E-state index in [0.29, 0.717) is 10.6 Å². The van der Waals surface area contributed by atoms with Crippen LogP contribution in [0.3, 0.4) is 0 Å². The summed E-state index contributed by atoms with van der Waals surface area (Å²) >= 11 is 7.09. The van der Waals surface area contributed by atoms with Crippen molar-refractivity contribution in [1.29, 1.82) is 0 Å². The van der Waals surface area contributed by atoms with Crippen molar-refractivity contribution in [2.75, 3.05) is 0 Å². The van der Waals surface area contributed by atoms with E-state index in [4.69, 9.17) is 16.0 Å². The molecule has 0 saturated carbocycles. The number of aldehydes is 1. The average molecular weight is 320 g/mol. The first-order valence-corrected chi connectivity index (χ1v) is 7.93. The van der Waals surface area contributed by atoms with Crippen LogP contribution >= 0.6 is 22.9 Å². The Balaban J connectivity index is 2.19. The van der Waals surface area contributed by atoms with Crippen LogP contribution in [0, 0.1) is 0 Å². The number of sulfonamides is 1. The minimum atomic E-state index is -3.80. The molecule has 0 saturated heterocycles. The van der Waals surface area contributed by atoms with Crippen LogP contribution in [0.1, 0.15) is 28.4 Å². The second-order valence-corrected chi connectivity index (χ2v) is 7.15. The first kappa shape index (κ1) is 14.3. The van der Waals surface area contributed by atoms with E-state index >= 15 is 0 Å². The molecule has 19 heavy (non-hydrogen) atoms. The minimum Gasteiger partial charge on any atom is -0.440 e. The Labute approximate surface area is 119 Å². The lowest BCUT2D eigenvalue weighted by Gasteiger charge is -2.10. The fourth-order valence-electron chi connectivity index (χ4n) is 1.45. The second kappa shape index (κ2) is 5.46. The summed E-state index contributed by atoms with van der Waals surface area (Å²) in [4.78, 5) is 11.3. The summed E-state index contributed by atoms with van der Waals surface area (Å²) in [5.74, 6) is -0.0350. The van der Waals surface area contributed by atoms with E-state index in [-0.39, 0.29) is 10.9 Å². The van der Waals surface area contributed by atoms with E-state index in [0.717, 1.165) is 4.88 Å². The molecule has 2 rings (SSSR count). The van der Waals surface area contributed by atoms with Crippen LogP contribution in [0.2, 0.25) is 4.34 Å². The summed E-state index contributed by atoms with van der Waals surface area (Å²) in [6.07, 6.45) is 0.446. The number of nitrogens with one attached hydrogen (secondary N) is 1. The molecule has 0 amide bonds. The molecule has 0 aliphatic heterocycles. The van der Waals surface area contributed by atoms with E-state index in [1.165, 1.54) is 23.5 Å². The van der Waals surface area contributed by atoms with Gasteiger partial charge in [-0.2, -0.15) is 0 Å². The molecule has 8 heteroatoms.